The summed E-state index contributed by atoms with van der Waals surface area (Å²) in [5.74, 6) is 1.99. The molecule has 5 nitrogen and oxygen atoms in total. The van der Waals surface area contributed by atoms with Crippen LogP contribution in [0.15, 0.2) is 174 Å². The van der Waals surface area contributed by atoms with Crippen LogP contribution in [0, 0.1) is 0 Å². The van der Waals surface area contributed by atoms with Crippen molar-refractivity contribution in [1.82, 2.24) is 19.5 Å². The lowest BCUT2D eigenvalue weighted by molar-refractivity contribution is 0.673. The van der Waals surface area contributed by atoms with Crippen LogP contribution in [0.4, 0.5) is 0 Å². The van der Waals surface area contributed by atoms with Gasteiger partial charge in [0.15, 0.2) is 17.5 Å². The fourth-order valence-corrected chi connectivity index (χ4v) is 11.3. The van der Waals surface area contributed by atoms with Crippen molar-refractivity contribution >= 4 is 107 Å². The van der Waals surface area contributed by atoms with Crippen LogP contribution < -0.4 is 0 Å². The van der Waals surface area contributed by atoms with E-state index in [1.807, 2.05) is 24.3 Å². The molecule has 270 valence electrons. The lowest BCUT2D eigenvalue weighted by Gasteiger charge is -2.10. The lowest BCUT2D eigenvalue weighted by Crippen LogP contribution is -2.00. The number of fused-ring (bicyclic) bond motifs is 13. The minimum atomic E-state index is 0.657. The number of nitrogens with zero attached hydrogens (tertiary/aromatic N) is 4. The van der Waals surface area contributed by atoms with Crippen molar-refractivity contribution in [2.45, 2.75) is 0 Å². The molecule has 0 radical (unpaired) electrons. The molecule has 0 atom stereocenters. The Kier molecular flexibility index (Phi) is 6.70. The van der Waals surface area contributed by atoms with E-state index in [2.05, 4.69) is 150 Å². The third-order valence-electron chi connectivity index (χ3n) is 11.5. The summed E-state index contributed by atoms with van der Waals surface area (Å²) in [4.78, 5) is 15.6. The summed E-state index contributed by atoms with van der Waals surface area (Å²) in [6.07, 6.45) is 0. The molecule has 13 rings (SSSR count). The molecule has 58 heavy (non-hydrogen) atoms. The summed E-state index contributed by atoms with van der Waals surface area (Å²) >= 11 is 3.58. The number of thiophene rings is 2. The van der Waals surface area contributed by atoms with E-state index in [1.165, 1.54) is 41.0 Å². The highest BCUT2D eigenvalue weighted by Gasteiger charge is 2.21. The Balaban J connectivity index is 1.02. The predicted molar refractivity (Wildman–Crippen MR) is 244 cm³/mol. The molecule has 0 aliphatic rings. The van der Waals surface area contributed by atoms with Crippen LogP contribution in [-0.2, 0) is 0 Å². The third kappa shape index (κ3) is 4.60. The molecule has 0 aliphatic carbocycles. The number of rotatable bonds is 4. The van der Waals surface area contributed by atoms with E-state index in [0.717, 1.165) is 65.4 Å². The summed E-state index contributed by atoms with van der Waals surface area (Å²) in [7, 11) is 0. The number of hydrogen-bond acceptors (Lipinski definition) is 6. The Morgan fingerprint density at radius 1 is 0.414 bits per heavy atom. The molecule has 0 saturated heterocycles. The van der Waals surface area contributed by atoms with Gasteiger partial charge in [0.1, 0.15) is 11.2 Å². The fourth-order valence-electron chi connectivity index (χ4n) is 8.87. The Labute approximate surface area is 338 Å². The molecule has 5 aromatic heterocycles. The first-order valence-electron chi connectivity index (χ1n) is 19.3. The number of para-hydroxylation sites is 2. The Bertz CT molecular complexity index is 3820. The number of aromatic nitrogens is 4. The second-order valence-electron chi connectivity index (χ2n) is 14.7. The first-order chi connectivity index (χ1) is 28.7. The molecule has 0 aliphatic heterocycles. The molecule has 0 fully saturated rings. The van der Waals surface area contributed by atoms with Crippen LogP contribution in [-0.4, -0.2) is 19.5 Å². The Hall–Kier alpha value is -7.19. The van der Waals surface area contributed by atoms with Crippen molar-refractivity contribution in [2.75, 3.05) is 0 Å². The van der Waals surface area contributed by atoms with E-state index in [9.17, 15) is 0 Å². The van der Waals surface area contributed by atoms with Crippen molar-refractivity contribution in [1.29, 1.82) is 0 Å². The van der Waals surface area contributed by atoms with Crippen LogP contribution in [0.1, 0.15) is 0 Å². The molecular weight excluding hydrogens is 749 g/mol. The highest BCUT2D eigenvalue weighted by atomic mass is 32.1. The van der Waals surface area contributed by atoms with E-state index in [4.69, 9.17) is 19.4 Å². The van der Waals surface area contributed by atoms with Gasteiger partial charge in [-0.15, -0.1) is 22.7 Å². The van der Waals surface area contributed by atoms with E-state index in [0.29, 0.717) is 17.5 Å². The standard InChI is InChI=1S/C51H28N4OS2/c1-2-12-29(13-3-1)49-52-50(37-19-10-17-34-32-15-6-9-23-43(32)57-47(34)37)54-51(53-49)38-20-11-18-35-39-28-30(24-27-44(39)58-48(35)38)55-40-21-7-4-16-36(40)45-41(55)26-25-33-31-14-5-8-22-42(31)56-46(33)45/h1-28H. The van der Waals surface area contributed by atoms with Gasteiger partial charge in [0.05, 0.1) is 16.4 Å². The summed E-state index contributed by atoms with van der Waals surface area (Å²) in [5.41, 5.74) is 8.15. The molecule has 5 heterocycles. The molecule has 8 aromatic carbocycles. The topological polar surface area (TPSA) is 56.7 Å². The first-order valence-corrected chi connectivity index (χ1v) is 20.9. The number of hydrogen-bond donors (Lipinski definition) is 0. The van der Waals surface area contributed by atoms with Gasteiger partial charge in [-0.2, -0.15) is 0 Å². The van der Waals surface area contributed by atoms with Crippen molar-refractivity contribution < 1.29 is 4.42 Å². The Morgan fingerprint density at radius 3 is 1.83 bits per heavy atom. The molecule has 7 heteroatoms. The molecule has 0 saturated carbocycles. The minimum absolute atomic E-state index is 0.657. The molecule has 0 amide bonds. The number of furan rings is 1. The largest absolute Gasteiger partial charge is 0.455 e. The van der Waals surface area contributed by atoms with Crippen molar-refractivity contribution in [3.05, 3.63) is 170 Å². The maximum atomic E-state index is 6.57. The summed E-state index contributed by atoms with van der Waals surface area (Å²) in [5, 5.41) is 9.41. The van der Waals surface area contributed by atoms with Gasteiger partial charge in [0.2, 0.25) is 0 Å². The van der Waals surface area contributed by atoms with Crippen LogP contribution in [0.5, 0.6) is 0 Å². The maximum absolute atomic E-state index is 6.57. The predicted octanol–water partition coefficient (Wildman–Crippen LogP) is 14.6. The van der Waals surface area contributed by atoms with Gasteiger partial charge in [-0.05, 0) is 60.7 Å². The van der Waals surface area contributed by atoms with Gasteiger partial charge in [-0.1, -0.05) is 109 Å². The van der Waals surface area contributed by atoms with E-state index >= 15 is 0 Å². The fraction of sp³-hybridized carbons (Fsp3) is 0. The van der Waals surface area contributed by atoms with E-state index in [-0.39, 0.29) is 0 Å². The van der Waals surface area contributed by atoms with Crippen LogP contribution in [0.25, 0.3) is 124 Å². The van der Waals surface area contributed by atoms with Gasteiger partial charge in [-0.3, -0.25) is 0 Å². The van der Waals surface area contributed by atoms with Crippen LogP contribution in [0.2, 0.25) is 0 Å². The molecule has 0 bridgehead atoms. The highest BCUT2D eigenvalue weighted by Crippen LogP contribution is 2.45. The molecular formula is C51H28N4OS2. The minimum Gasteiger partial charge on any atom is -0.455 e. The summed E-state index contributed by atoms with van der Waals surface area (Å²) < 4.78 is 13.7. The van der Waals surface area contributed by atoms with E-state index in [1.54, 1.807) is 22.7 Å². The molecule has 13 aromatic rings. The zero-order valence-corrected chi connectivity index (χ0v) is 32.3. The summed E-state index contributed by atoms with van der Waals surface area (Å²) in [6.45, 7) is 0. The van der Waals surface area contributed by atoms with Gasteiger partial charge in [0, 0.05) is 78.9 Å². The zero-order valence-electron chi connectivity index (χ0n) is 30.7. The zero-order chi connectivity index (χ0) is 37.9. The highest BCUT2D eigenvalue weighted by molar-refractivity contribution is 7.26. The van der Waals surface area contributed by atoms with Gasteiger partial charge < -0.3 is 8.98 Å². The van der Waals surface area contributed by atoms with Gasteiger partial charge >= 0.3 is 0 Å². The molecule has 0 spiro atoms. The third-order valence-corrected chi connectivity index (χ3v) is 13.9. The van der Waals surface area contributed by atoms with Crippen molar-refractivity contribution in [3.63, 3.8) is 0 Å². The van der Waals surface area contributed by atoms with Crippen molar-refractivity contribution in [3.8, 4) is 39.9 Å². The monoisotopic (exact) mass is 776 g/mol. The second-order valence-corrected chi connectivity index (χ2v) is 16.8. The number of benzene rings is 8. The SMILES string of the molecule is c1ccc(-c2nc(-c3cccc4c3sc3ccccc34)nc(-c3cccc4c3sc3ccc(-n5c6ccccc6c6c7oc8ccccc8c7ccc65)cc34)n2)cc1. The van der Waals surface area contributed by atoms with Crippen molar-refractivity contribution in [2.24, 2.45) is 0 Å². The van der Waals surface area contributed by atoms with Gasteiger partial charge in [-0.25, -0.2) is 15.0 Å². The Morgan fingerprint density at radius 2 is 1.03 bits per heavy atom. The normalized spacial score (nSPS) is 12.1. The van der Waals surface area contributed by atoms with Crippen LogP contribution >= 0.6 is 22.7 Å². The summed E-state index contributed by atoms with van der Waals surface area (Å²) in [6, 6.07) is 60.0. The quantitative estimate of drug-likeness (QED) is 0.179. The van der Waals surface area contributed by atoms with Gasteiger partial charge in [0.25, 0.3) is 0 Å². The smallest absolute Gasteiger partial charge is 0.165 e. The van der Waals surface area contributed by atoms with E-state index < -0.39 is 0 Å². The molecule has 0 unspecified atom stereocenters. The average Bonchev–Trinajstić information content (AvgIpc) is 4.05. The maximum Gasteiger partial charge on any atom is 0.165 e. The van der Waals surface area contributed by atoms with Crippen LogP contribution in [0.3, 0.4) is 0 Å². The second kappa shape index (κ2) is 12.2. The molecule has 0 N–H and O–H groups in total. The average molecular weight is 777 g/mol. The lowest BCUT2D eigenvalue weighted by atomic mass is 10.1. The first kappa shape index (κ1) is 32.0.